The Kier molecular flexibility index (Phi) is 4.82. The molecule has 0 bridgehead atoms. The van der Waals surface area contributed by atoms with Crippen molar-refractivity contribution in [3.63, 3.8) is 0 Å². The number of nitrogen functional groups attached to an aromatic ring is 1. The summed E-state index contributed by atoms with van der Waals surface area (Å²) in [7, 11) is 0.183. The second-order valence-electron chi connectivity index (χ2n) is 6.29. The molecule has 2 rings (SSSR count). The minimum absolute atomic E-state index is 0.0346. The molecule has 0 aliphatic rings. The van der Waals surface area contributed by atoms with Crippen LogP contribution >= 0.6 is 0 Å². The van der Waals surface area contributed by atoms with Gasteiger partial charge in [0.25, 0.3) is 0 Å². The van der Waals surface area contributed by atoms with E-state index in [4.69, 9.17) is 10.5 Å². The summed E-state index contributed by atoms with van der Waals surface area (Å²) in [4.78, 5) is 20.0. The van der Waals surface area contributed by atoms with Crippen molar-refractivity contribution in [2.75, 3.05) is 19.5 Å². The van der Waals surface area contributed by atoms with E-state index in [-0.39, 0.29) is 11.5 Å². The van der Waals surface area contributed by atoms with E-state index < -0.39 is 14.0 Å². The maximum Gasteiger partial charge on any atom is 0.360 e. The largest absolute Gasteiger partial charge is 0.464 e. The van der Waals surface area contributed by atoms with Crippen LogP contribution in [0, 0.1) is 0 Å². The zero-order valence-corrected chi connectivity index (χ0v) is 14.4. The third-order valence-electron chi connectivity index (χ3n) is 3.22. The summed E-state index contributed by atoms with van der Waals surface area (Å²) >= 11 is 0. The average molecular weight is 322 g/mol. The van der Waals surface area contributed by atoms with Gasteiger partial charge in [-0.15, -0.1) is 0 Å². The molecule has 0 unspecified atom stereocenters. The summed E-state index contributed by atoms with van der Waals surface area (Å²) in [6.45, 7) is 8.03. The van der Waals surface area contributed by atoms with Gasteiger partial charge in [-0.05, 0) is 12.1 Å². The first kappa shape index (κ1) is 16.4. The van der Waals surface area contributed by atoms with Crippen molar-refractivity contribution in [1.29, 1.82) is 0 Å². The Morgan fingerprint density at radius 3 is 2.73 bits per heavy atom. The molecule has 22 heavy (non-hydrogen) atoms. The number of nitrogens with two attached hydrogens (primary N) is 1. The fourth-order valence-corrected chi connectivity index (χ4v) is 2.66. The predicted octanol–water partition coefficient (Wildman–Crippen LogP) is 2.11. The third-order valence-corrected chi connectivity index (χ3v) is 4.92. The first-order valence-corrected chi connectivity index (χ1v) is 10.8. The highest BCUT2D eigenvalue weighted by molar-refractivity contribution is 6.76. The monoisotopic (exact) mass is 322 g/mol. The number of ether oxygens (including phenoxy) is 2. The molecule has 0 saturated carbocycles. The molecule has 2 aromatic heterocycles. The standard InChI is InChI=1S/C14H22N4O3Si/c1-20-14(19)11-12(15)17-13-10(16-11)5-6-18(13)9-21-7-8-22(2,3)4/h5-6H,7-9H2,1-4H3,(H2,15,17). The van der Waals surface area contributed by atoms with Crippen LogP contribution in [0.15, 0.2) is 12.3 Å². The van der Waals surface area contributed by atoms with Crippen molar-refractivity contribution < 1.29 is 14.3 Å². The van der Waals surface area contributed by atoms with E-state index in [1.54, 1.807) is 6.07 Å². The molecule has 0 aliphatic heterocycles. The van der Waals surface area contributed by atoms with E-state index in [0.29, 0.717) is 17.9 Å². The maximum atomic E-state index is 11.6. The van der Waals surface area contributed by atoms with Crippen molar-refractivity contribution in [3.05, 3.63) is 18.0 Å². The van der Waals surface area contributed by atoms with Crippen molar-refractivity contribution in [2.45, 2.75) is 32.4 Å². The Hall–Kier alpha value is -1.93. The van der Waals surface area contributed by atoms with Gasteiger partial charge in [-0.25, -0.2) is 14.8 Å². The normalized spacial score (nSPS) is 11.8. The fraction of sp³-hybridized carbons (Fsp3) is 0.500. The molecule has 0 atom stereocenters. The van der Waals surface area contributed by atoms with Crippen LogP contribution in [0.5, 0.6) is 0 Å². The van der Waals surface area contributed by atoms with Gasteiger partial charge in [-0.2, -0.15) is 0 Å². The Bertz CT molecular complexity index is 679. The van der Waals surface area contributed by atoms with Crippen LogP contribution in [-0.2, 0) is 16.2 Å². The number of rotatable bonds is 6. The Balaban J connectivity index is 2.13. The lowest BCUT2D eigenvalue weighted by molar-refractivity contribution is 0.0595. The summed E-state index contributed by atoms with van der Waals surface area (Å²) in [5.41, 5.74) is 7.00. The zero-order chi connectivity index (χ0) is 16.3. The first-order chi connectivity index (χ1) is 10.3. The van der Waals surface area contributed by atoms with E-state index in [0.717, 1.165) is 12.7 Å². The lowest BCUT2D eigenvalue weighted by Crippen LogP contribution is -2.22. The van der Waals surface area contributed by atoms with Gasteiger partial charge in [0.05, 0.1) is 7.11 Å². The van der Waals surface area contributed by atoms with Gasteiger partial charge < -0.3 is 19.8 Å². The summed E-state index contributed by atoms with van der Waals surface area (Å²) in [6.07, 6.45) is 1.82. The third kappa shape index (κ3) is 3.83. The van der Waals surface area contributed by atoms with Crippen LogP contribution < -0.4 is 5.73 Å². The molecule has 2 heterocycles. The topological polar surface area (TPSA) is 92.3 Å². The SMILES string of the molecule is COC(=O)c1nc2ccn(COCC[Si](C)(C)C)c2nc1N. The molecular formula is C14H22N4O3Si. The van der Waals surface area contributed by atoms with Gasteiger partial charge in [0, 0.05) is 20.9 Å². The number of nitrogens with zero attached hydrogens (tertiary/aromatic N) is 3. The molecule has 0 amide bonds. The lowest BCUT2D eigenvalue weighted by Gasteiger charge is -2.15. The molecule has 0 saturated heterocycles. The highest BCUT2D eigenvalue weighted by Crippen LogP contribution is 2.17. The van der Waals surface area contributed by atoms with E-state index >= 15 is 0 Å². The van der Waals surface area contributed by atoms with Crippen molar-refractivity contribution in [1.82, 2.24) is 14.5 Å². The molecule has 8 heteroatoms. The first-order valence-electron chi connectivity index (χ1n) is 7.10. The number of methoxy groups -OCH3 is 1. The molecule has 0 spiro atoms. The van der Waals surface area contributed by atoms with Gasteiger partial charge in [0.1, 0.15) is 12.2 Å². The van der Waals surface area contributed by atoms with E-state index in [2.05, 4.69) is 34.3 Å². The van der Waals surface area contributed by atoms with Gasteiger partial charge in [0.2, 0.25) is 0 Å². The highest BCUT2D eigenvalue weighted by Gasteiger charge is 2.17. The van der Waals surface area contributed by atoms with E-state index in [1.807, 2.05) is 10.8 Å². The van der Waals surface area contributed by atoms with E-state index in [1.165, 1.54) is 7.11 Å². The zero-order valence-electron chi connectivity index (χ0n) is 13.4. The molecule has 0 aliphatic carbocycles. The molecule has 2 N–H and O–H groups in total. The second-order valence-corrected chi connectivity index (χ2v) is 11.9. The van der Waals surface area contributed by atoms with Gasteiger partial charge in [0.15, 0.2) is 17.2 Å². The molecule has 2 aromatic rings. The van der Waals surface area contributed by atoms with Gasteiger partial charge >= 0.3 is 5.97 Å². The fourth-order valence-electron chi connectivity index (χ4n) is 1.90. The van der Waals surface area contributed by atoms with Crippen LogP contribution in [0.2, 0.25) is 25.7 Å². The van der Waals surface area contributed by atoms with E-state index in [9.17, 15) is 4.79 Å². The van der Waals surface area contributed by atoms with Gasteiger partial charge in [-0.1, -0.05) is 19.6 Å². The molecular weight excluding hydrogens is 300 g/mol. The Labute approximate surface area is 130 Å². The Morgan fingerprint density at radius 2 is 2.09 bits per heavy atom. The molecule has 0 radical (unpaired) electrons. The summed E-state index contributed by atoms with van der Waals surface area (Å²) in [5.74, 6) is -0.535. The summed E-state index contributed by atoms with van der Waals surface area (Å²) in [5, 5.41) is 0. The number of esters is 1. The van der Waals surface area contributed by atoms with Crippen molar-refractivity contribution >= 4 is 31.0 Å². The minimum Gasteiger partial charge on any atom is -0.464 e. The average Bonchev–Trinajstić information content (AvgIpc) is 2.83. The summed E-state index contributed by atoms with van der Waals surface area (Å²) < 4.78 is 12.2. The van der Waals surface area contributed by atoms with Crippen LogP contribution in [0.25, 0.3) is 11.2 Å². The number of carbonyl (C=O) groups is 1. The van der Waals surface area contributed by atoms with Crippen LogP contribution in [0.4, 0.5) is 5.82 Å². The molecule has 0 fully saturated rings. The predicted molar refractivity (Wildman–Crippen MR) is 87.4 cm³/mol. The van der Waals surface area contributed by atoms with Gasteiger partial charge in [-0.3, -0.25) is 0 Å². The number of hydrogen-bond donors (Lipinski definition) is 1. The maximum absolute atomic E-state index is 11.6. The number of anilines is 1. The number of carbonyl (C=O) groups excluding carboxylic acids is 1. The van der Waals surface area contributed by atoms with Crippen LogP contribution in [0.1, 0.15) is 10.5 Å². The minimum atomic E-state index is -1.10. The summed E-state index contributed by atoms with van der Waals surface area (Å²) in [6, 6.07) is 2.88. The second kappa shape index (κ2) is 6.45. The van der Waals surface area contributed by atoms with Crippen molar-refractivity contribution in [3.8, 4) is 0 Å². The van der Waals surface area contributed by atoms with Crippen LogP contribution in [-0.4, -0.2) is 42.3 Å². The molecule has 0 aromatic carbocycles. The lowest BCUT2D eigenvalue weighted by atomic mass is 10.4. The number of aromatic nitrogens is 3. The number of fused-ring (bicyclic) bond motifs is 1. The smallest absolute Gasteiger partial charge is 0.360 e. The van der Waals surface area contributed by atoms with Crippen LogP contribution in [0.3, 0.4) is 0 Å². The Morgan fingerprint density at radius 1 is 1.36 bits per heavy atom. The highest BCUT2D eigenvalue weighted by atomic mass is 28.3. The molecule has 7 nitrogen and oxygen atoms in total. The molecule has 120 valence electrons. The number of hydrogen-bond acceptors (Lipinski definition) is 6. The quantitative estimate of drug-likeness (QED) is 0.497. The van der Waals surface area contributed by atoms with Crippen molar-refractivity contribution in [2.24, 2.45) is 0 Å².